The second-order valence-electron chi connectivity index (χ2n) is 7.05. The van der Waals surface area contributed by atoms with E-state index < -0.39 is 18.1 Å². The number of amides is 1. The maximum Gasteiger partial charge on any atom is 0.573 e. The fourth-order valence-electron chi connectivity index (χ4n) is 2.17. The number of anilines is 1. The van der Waals surface area contributed by atoms with Crippen molar-refractivity contribution in [1.29, 1.82) is 0 Å². The summed E-state index contributed by atoms with van der Waals surface area (Å²) in [4.78, 5) is 16.1. The zero-order valence-electron chi connectivity index (χ0n) is 16.4. The van der Waals surface area contributed by atoms with E-state index in [9.17, 15) is 18.0 Å². The van der Waals surface area contributed by atoms with Gasteiger partial charge in [-0.15, -0.1) is 13.2 Å². The molecule has 0 heterocycles. The summed E-state index contributed by atoms with van der Waals surface area (Å²) in [6, 6.07) is 4.82. The number of halogens is 3. The van der Waals surface area contributed by atoms with Crippen molar-refractivity contribution in [2.75, 3.05) is 11.9 Å². The van der Waals surface area contributed by atoms with Crippen molar-refractivity contribution >= 4 is 17.7 Å². The molecular formula is C18H27F3N4O3. The van der Waals surface area contributed by atoms with Gasteiger partial charge in [0.05, 0.1) is 12.6 Å². The number of aliphatic imine (C=N–C) groups is 1. The molecule has 28 heavy (non-hydrogen) atoms. The minimum atomic E-state index is -4.75. The number of carbonyl (C=O) groups excluding carboxylic acids is 1. The van der Waals surface area contributed by atoms with Crippen molar-refractivity contribution < 1.29 is 27.4 Å². The van der Waals surface area contributed by atoms with Crippen molar-refractivity contribution in [3.63, 3.8) is 0 Å². The van der Waals surface area contributed by atoms with E-state index in [-0.39, 0.29) is 24.3 Å². The third-order valence-corrected chi connectivity index (χ3v) is 3.20. The van der Waals surface area contributed by atoms with Crippen LogP contribution in [-0.4, -0.2) is 36.6 Å². The summed E-state index contributed by atoms with van der Waals surface area (Å²) in [6.07, 6.45) is -3.78. The third kappa shape index (κ3) is 10.5. The second-order valence-corrected chi connectivity index (χ2v) is 7.05. The smallest absolute Gasteiger partial charge is 0.444 e. The molecule has 0 spiro atoms. The van der Waals surface area contributed by atoms with Crippen LogP contribution in [0.4, 0.5) is 23.7 Å². The van der Waals surface area contributed by atoms with Gasteiger partial charge in [0.25, 0.3) is 0 Å². The van der Waals surface area contributed by atoms with Gasteiger partial charge in [0.15, 0.2) is 5.96 Å². The highest BCUT2D eigenvalue weighted by Crippen LogP contribution is 2.23. The molecule has 0 radical (unpaired) electrons. The maximum absolute atomic E-state index is 12.2. The van der Waals surface area contributed by atoms with Gasteiger partial charge in [-0.05, 0) is 51.5 Å². The quantitative estimate of drug-likeness (QED) is 0.471. The largest absolute Gasteiger partial charge is 0.573 e. The Bertz CT molecular complexity index is 656. The van der Waals surface area contributed by atoms with Crippen LogP contribution in [0.2, 0.25) is 0 Å². The number of guanidine groups is 1. The Morgan fingerprint density at radius 1 is 1.21 bits per heavy atom. The van der Waals surface area contributed by atoms with Gasteiger partial charge in [-0.1, -0.05) is 13.3 Å². The fourth-order valence-corrected chi connectivity index (χ4v) is 2.17. The summed E-state index contributed by atoms with van der Waals surface area (Å²) in [6.45, 7) is 7.51. The number of alkyl carbamates (subject to hydrolysis) is 1. The van der Waals surface area contributed by atoms with Gasteiger partial charge in [-0.3, -0.25) is 4.99 Å². The van der Waals surface area contributed by atoms with Crippen molar-refractivity contribution in [2.45, 2.75) is 58.5 Å². The average molecular weight is 404 g/mol. The van der Waals surface area contributed by atoms with Gasteiger partial charge < -0.3 is 25.8 Å². The number of carbonyl (C=O) groups is 1. The minimum absolute atomic E-state index is 0.0663. The highest BCUT2D eigenvalue weighted by molar-refractivity contribution is 5.92. The summed E-state index contributed by atoms with van der Waals surface area (Å²) in [5.74, 6) is -0.269. The van der Waals surface area contributed by atoms with Gasteiger partial charge in [0.1, 0.15) is 11.4 Å². The lowest BCUT2D eigenvalue weighted by Gasteiger charge is -2.22. The molecule has 1 unspecified atom stereocenters. The van der Waals surface area contributed by atoms with Crippen LogP contribution < -0.4 is 21.1 Å². The molecule has 1 amide bonds. The van der Waals surface area contributed by atoms with E-state index in [1.165, 1.54) is 12.1 Å². The second kappa shape index (κ2) is 10.0. The monoisotopic (exact) mass is 404 g/mol. The molecule has 7 nitrogen and oxygen atoms in total. The Kier molecular flexibility index (Phi) is 8.39. The van der Waals surface area contributed by atoms with Crippen LogP contribution in [0.1, 0.15) is 40.5 Å². The lowest BCUT2D eigenvalue weighted by molar-refractivity contribution is -0.274. The molecule has 1 atom stereocenters. The highest BCUT2D eigenvalue weighted by Gasteiger charge is 2.30. The van der Waals surface area contributed by atoms with E-state index in [1.807, 2.05) is 6.92 Å². The lowest BCUT2D eigenvalue weighted by atomic mass is 10.1. The fraction of sp³-hybridized carbons (Fsp3) is 0.556. The van der Waals surface area contributed by atoms with E-state index in [2.05, 4.69) is 20.4 Å². The Balaban J connectivity index is 2.61. The number of ether oxygens (including phenoxy) is 2. The molecule has 1 rings (SSSR count). The third-order valence-electron chi connectivity index (χ3n) is 3.20. The van der Waals surface area contributed by atoms with Crippen LogP contribution in [0.3, 0.4) is 0 Å². The Morgan fingerprint density at radius 3 is 2.32 bits per heavy atom. The Hall–Kier alpha value is -2.65. The molecule has 0 bridgehead atoms. The zero-order valence-corrected chi connectivity index (χ0v) is 16.4. The molecule has 1 aromatic carbocycles. The molecule has 0 aromatic heterocycles. The molecule has 0 saturated carbocycles. The molecule has 4 N–H and O–H groups in total. The standard InChI is InChI=1S/C18H27F3N4O3/c1-5-6-13(25-16(26)28-17(2,3)4)11-23-15(22)24-12-7-9-14(10-8-12)27-18(19,20)21/h7-10,13H,5-6,11H2,1-4H3,(H,25,26)(H3,22,23,24). The molecule has 0 aliphatic rings. The topological polar surface area (TPSA) is 98.0 Å². The van der Waals surface area contributed by atoms with Crippen LogP contribution in [0, 0.1) is 0 Å². The van der Waals surface area contributed by atoms with E-state index >= 15 is 0 Å². The van der Waals surface area contributed by atoms with E-state index in [1.54, 1.807) is 20.8 Å². The first kappa shape index (κ1) is 23.4. The summed E-state index contributed by atoms with van der Waals surface area (Å²) in [5, 5.41) is 5.52. The predicted molar refractivity (Wildman–Crippen MR) is 101 cm³/mol. The molecule has 158 valence electrons. The SMILES string of the molecule is CCCC(CN=C(N)Nc1ccc(OC(F)(F)F)cc1)NC(=O)OC(C)(C)C. The number of alkyl halides is 3. The van der Waals surface area contributed by atoms with Crippen LogP contribution in [0.25, 0.3) is 0 Å². The number of nitrogens with one attached hydrogen (secondary N) is 2. The highest BCUT2D eigenvalue weighted by atomic mass is 19.4. The Labute approximate surface area is 162 Å². The van der Waals surface area contributed by atoms with Crippen molar-refractivity contribution in [1.82, 2.24) is 5.32 Å². The normalized spacial score (nSPS) is 13.6. The van der Waals surface area contributed by atoms with Crippen LogP contribution in [-0.2, 0) is 4.74 Å². The predicted octanol–water partition coefficient (Wildman–Crippen LogP) is 4.01. The Morgan fingerprint density at radius 2 is 1.82 bits per heavy atom. The molecule has 0 aliphatic heterocycles. The van der Waals surface area contributed by atoms with E-state index in [0.717, 1.165) is 18.6 Å². The summed E-state index contributed by atoms with van der Waals surface area (Å²) in [5.41, 5.74) is 5.65. The summed E-state index contributed by atoms with van der Waals surface area (Å²) >= 11 is 0. The van der Waals surface area contributed by atoms with Crippen LogP contribution in [0.5, 0.6) is 5.75 Å². The van der Waals surface area contributed by atoms with Crippen LogP contribution in [0.15, 0.2) is 29.3 Å². The van der Waals surface area contributed by atoms with Gasteiger partial charge in [-0.25, -0.2) is 4.79 Å². The maximum atomic E-state index is 12.2. The molecule has 0 aliphatic carbocycles. The zero-order chi connectivity index (χ0) is 21.4. The van der Waals surface area contributed by atoms with Crippen molar-refractivity contribution in [3.05, 3.63) is 24.3 Å². The van der Waals surface area contributed by atoms with Crippen molar-refractivity contribution in [2.24, 2.45) is 10.7 Å². The molecule has 10 heteroatoms. The number of benzene rings is 1. The van der Waals surface area contributed by atoms with Gasteiger partial charge in [0.2, 0.25) is 0 Å². The van der Waals surface area contributed by atoms with Gasteiger partial charge in [0, 0.05) is 5.69 Å². The van der Waals surface area contributed by atoms with Crippen molar-refractivity contribution in [3.8, 4) is 5.75 Å². The van der Waals surface area contributed by atoms with Gasteiger partial charge in [-0.2, -0.15) is 0 Å². The van der Waals surface area contributed by atoms with E-state index in [0.29, 0.717) is 12.1 Å². The molecule has 0 fully saturated rings. The number of hydrogen-bond acceptors (Lipinski definition) is 4. The summed E-state index contributed by atoms with van der Waals surface area (Å²) < 4.78 is 45.5. The van der Waals surface area contributed by atoms with Crippen LogP contribution >= 0.6 is 0 Å². The first-order valence-corrected chi connectivity index (χ1v) is 8.80. The number of nitrogens with zero attached hydrogens (tertiary/aromatic N) is 1. The van der Waals surface area contributed by atoms with E-state index in [4.69, 9.17) is 10.5 Å². The summed E-state index contributed by atoms with van der Waals surface area (Å²) in [7, 11) is 0. The molecule has 0 saturated heterocycles. The first-order valence-electron chi connectivity index (χ1n) is 8.80. The lowest BCUT2D eigenvalue weighted by Crippen LogP contribution is -2.41. The average Bonchev–Trinajstić information content (AvgIpc) is 2.51. The minimum Gasteiger partial charge on any atom is -0.444 e. The number of hydrogen-bond donors (Lipinski definition) is 3. The number of rotatable bonds is 7. The number of nitrogens with two attached hydrogens (primary N) is 1. The van der Waals surface area contributed by atoms with Gasteiger partial charge >= 0.3 is 12.5 Å². The molecule has 1 aromatic rings. The molecular weight excluding hydrogens is 377 g/mol. The first-order chi connectivity index (χ1) is 12.9.